The molecule has 0 aliphatic heterocycles. The molecule has 0 atom stereocenters. The third kappa shape index (κ3) is 4.22. The molecule has 0 aliphatic carbocycles. The van der Waals surface area contributed by atoms with Crippen molar-refractivity contribution in [2.75, 3.05) is 25.1 Å². The maximum absolute atomic E-state index is 12.9. The molecule has 0 N–H and O–H groups in total. The van der Waals surface area contributed by atoms with Gasteiger partial charge in [0, 0.05) is 37.2 Å². The van der Waals surface area contributed by atoms with Crippen LogP contribution in [0.2, 0.25) is 0 Å². The molecule has 2 amide bonds. The van der Waals surface area contributed by atoms with Crippen LogP contribution in [0.15, 0.2) is 48.8 Å². The molecule has 122 valence electrons. The highest BCUT2D eigenvalue weighted by molar-refractivity contribution is 5.92. The van der Waals surface area contributed by atoms with Crippen LogP contribution in [0.25, 0.3) is 0 Å². The van der Waals surface area contributed by atoms with E-state index in [4.69, 9.17) is 4.74 Å². The number of ether oxygens (including phenoxy) is 1. The zero-order valence-corrected chi connectivity index (χ0v) is 13.9. The van der Waals surface area contributed by atoms with E-state index in [2.05, 4.69) is 4.98 Å². The number of hydrogen-bond acceptors (Lipinski definition) is 3. The minimum atomic E-state index is -0.0212. The van der Waals surface area contributed by atoms with Crippen molar-refractivity contribution in [2.24, 2.45) is 0 Å². The van der Waals surface area contributed by atoms with Crippen LogP contribution in [0, 0.1) is 0 Å². The lowest BCUT2D eigenvalue weighted by Gasteiger charge is -2.29. The Kier molecular flexibility index (Phi) is 5.97. The Morgan fingerprint density at radius 2 is 1.96 bits per heavy atom. The van der Waals surface area contributed by atoms with Crippen molar-refractivity contribution in [3.05, 3.63) is 54.4 Å². The molecule has 1 heterocycles. The quantitative estimate of drug-likeness (QED) is 0.819. The van der Waals surface area contributed by atoms with Crippen LogP contribution in [0.5, 0.6) is 5.75 Å². The van der Waals surface area contributed by atoms with E-state index in [1.807, 2.05) is 50.2 Å². The summed E-state index contributed by atoms with van der Waals surface area (Å²) < 4.78 is 5.28. The minimum absolute atomic E-state index is 0.0212. The number of hydrogen-bond donors (Lipinski definition) is 0. The van der Waals surface area contributed by atoms with E-state index in [9.17, 15) is 4.79 Å². The number of urea groups is 1. The Bertz CT molecular complexity index is 627. The molecule has 0 fully saturated rings. The van der Waals surface area contributed by atoms with Gasteiger partial charge in [0.05, 0.1) is 13.7 Å². The second-order valence-electron chi connectivity index (χ2n) is 5.10. The van der Waals surface area contributed by atoms with Crippen molar-refractivity contribution >= 4 is 11.7 Å². The first-order valence-corrected chi connectivity index (χ1v) is 7.79. The summed E-state index contributed by atoms with van der Waals surface area (Å²) in [5.41, 5.74) is 1.79. The second-order valence-corrected chi connectivity index (χ2v) is 5.10. The van der Waals surface area contributed by atoms with Gasteiger partial charge in [-0.05, 0) is 37.6 Å². The molecule has 0 radical (unpaired) electrons. The van der Waals surface area contributed by atoms with Gasteiger partial charge in [0.2, 0.25) is 0 Å². The number of aromatic nitrogens is 1. The van der Waals surface area contributed by atoms with Gasteiger partial charge in [-0.1, -0.05) is 12.1 Å². The fourth-order valence-corrected chi connectivity index (χ4v) is 2.39. The van der Waals surface area contributed by atoms with Gasteiger partial charge in [0.1, 0.15) is 5.75 Å². The molecular formula is C18H23N3O2. The highest BCUT2D eigenvalue weighted by Crippen LogP contribution is 2.24. The molecule has 1 aromatic heterocycles. The van der Waals surface area contributed by atoms with Crippen LogP contribution in [0.1, 0.15) is 19.4 Å². The summed E-state index contributed by atoms with van der Waals surface area (Å²) in [6.45, 7) is 5.77. The Balaban J connectivity index is 2.35. The summed E-state index contributed by atoms with van der Waals surface area (Å²) in [6.07, 6.45) is 3.51. The van der Waals surface area contributed by atoms with Gasteiger partial charge in [0.15, 0.2) is 0 Å². The van der Waals surface area contributed by atoms with Gasteiger partial charge in [-0.25, -0.2) is 4.79 Å². The van der Waals surface area contributed by atoms with E-state index in [0.717, 1.165) is 17.0 Å². The number of methoxy groups -OCH3 is 1. The first-order valence-electron chi connectivity index (χ1n) is 7.79. The smallest absolute Gasteiger partial charge is 0.324 e. The number of pyridine rings is 1. The normalized spacial score (nSPS) is 10.2. The van der Waals surface area contributed by atoms with Gasteiger partial charge in [-0.3, -0.25) is 9.88 Å². The van der Waals surface area contributed by atoms with Crippen LogP contribution >= 0.6 is 0 Å². The molecule has 0 unspecified atom stereocenters. The molecule has 0 aliphatic rings. The van der Waals surface area contributed by atoms with Crippen molar-refractivity contribution < 1.29 is 9.53 Å². The summed E-state index contributed by atoms with van der Waals surface area (Å²) in [5.74, 6) is 0.728. The van der Waals surface area contributed by atoms with Crippen LogP contribution in [-0.2, 0) is 6.54 Å². The Labute approximate surface area is 137 Å². The Hall–Kier alpha value is -2.56. The summed E-state index contributed by atoms with van der Waals surface area (Å²) in [6, 6.07) is 11.4. The lowest BCUT2D eigenvalue weighted by atomic mass is 10.2. The highest BCUT2D eigenvalue weighted by atomic mass is 16.5. The number of anilines is 1. The molecule has 0 saturated heterocycles. The van der Waals surface area contributed by atoms with Gasteiger partial charge in [-0.15, -0.1) is 0 Å². The molecule has 0 bridgehead atoms. The van der Waals surface area contributed by atoms with Gasteiger partial charge >= 0.3 is 6.03 Å². The molecule has 2 aromatic rings. The minimum Gasteiger partial charge on any atom is -0.497 e. The Morgan fingerprint density at radius 3 is 2.57 bits per heavy atom. The van der Waals surface area contributed by atoms with Gasteiger partial charge in [-0.2, -0.15) is 0 Å². The van der Waals surface area contributed by atoms with Crippen LogP contribution in [0.3, 0.4) is 0 Å². The standard InChI is InChI=1S/C18H23N3O2/c1-4-20(5-2)18(22)21(14-15-8-7-11-19-13-15)16-9-6-10-17(12-16)23-3/h6-13H,4-5,14H2,1-3H3. The van der Waals surface area contributed by atoms with Gasteiger partial charge < -0.3 is 9.64 Å². The van der Waals surface area contributed by atoms with Crippen molar-refractivity contribution in [2.45, 2.75) is 20.4 Å². The molecule has 23 heavy (non-hydrogen) atoms. The first-order chi connectivity index (χ1) is 11.2. The monoisotopic (exact) mass is 313 g/mol. The van der Waals surface area contributed by atoms with E-state index in [1.165, 1.54) is 0 Å². The molecule has 0 spiro atoms. The number of nitrogens with zero attached hydrogens (tertiary/aromatic N) is 3. The predicted octanol–water partition coefficient (Wildman–Crippen LogP) is 3.56. The van der Waals surface area contributed by atoms with E-state index in [0.29, 0.717) is 19.6 Å². The predicted molar refractivity (Wildman–Crippen MR) is 91.7 cm³/mol. The molecule has 2 rings (SSSR count). The van der Waals surface area contributed by atoms with Crippen molar-refractivity contribution in [1.29, 1.82) is 0 Å². The van der Waals surface area contributed by atoms with E-state index >= 15 is 0 Å². The van der Waals surface area contributed by atoms with E-state index < -0.39 is 0 Å². The third-order valence-electron chi connectivity index (χ3n) is 3.69. The van der Waals surface area contributed by atoms with Crippen molar-refractivity contribution in [3.8, 4) is 5.75 Å². The van der Waals surface area contributed by atoms with Crippen molar-refractivity contribution in [1.82, 2.24) is 9.88 Å². The maximum Gasteiger partial charge on any atom is 0.324 e. The van der Waals surface area contributed by atoms with Crippen molar-refractivity contribution in [3.63, 3.8) is 0 Å². The van der Waals surface area contributed by atoms with E-state index in [-0.39, 0.29) is 6.03 Å². The second kappa shape index (κ2) is 8.17. The lowest BCUT2D eigenvalue weighted by molar-refractivity contribution is 0.209. The number of benzene rings is 1. The summed E-state index contributed by atoms with van der Waals surface area (Å²) in [5, 5.41) is 0. The van der Waals surface area contributed by atoms with Crippen LogP contribution < -0.4 is 9.64 Å². The summed E-state index contributed by atoms with van der Waals surface area (Å²) in [4.78, 5) is 20.6. The molecule has 0 saturated carbocycles. The fraction of sp³-hybridized carbons (Fsp3) is 0.333. The lowest BCUT2D eigenvalue weighted by Crippen LogP contribution is -2.42. The SMILES string of the molecule is CCN(CC)C(=O)N(Cc1cccnc1)c1cccc(OC)c1. The zero-order chi connectivity index (χ0) is 16.7. The van der Waals surface area contributed by atoms with E-state index in [1.54, 1.807) is 29.3 Å². The molecule has 5 nitrogen and oxygen atoms in total. The van der Waals surface area contributed by atoms with Crippen LogP contribution in [0.4, 0.5) is 10.5 Å². The first kappa shape index (κ1) is 16.8. The zero-order valence-electron chi connectivity index (χ0n) is 13.9. The third-order valence-corrected chi connectivity index (χ3v) is 3.69. The molecule has 1 aromatic carbocycles. The Morgan fingerprint density at radius 1 is 1.17 bits per heavy atom. The number of carbonyl (C=O) groups excluding carboxylic acids is 1. The molecular weight excluding hydrogens is 290 g/mol. The summed E-state index contributed by atoms with van der Waals surface area (Å²) >= 11 is 0. The highest BCUT2D eigenvalue weighted by Gasteiger charge is 2.21. The maximum atomic E-state index is 12.9. The molecule has 5 heteroatoms. The summed E-state index contributed by atoms with van der Waals surface area (Å²) in [7, 11) is 1.62. The average molecular weight is 313 g/mol. The fourth-order valence-electron chi connectivity index (χ4n) is 2.39. The number of carbonyl (C=O) groups is 1. The van der Waals surface area contributed by atoms with Gasteiger partial charge in [0.25, 0.3) is 0 Å². The number of rotatable bonds is 6. The topological polar surface area (TPSA) is 45.7 Å². The largest absolute Gasteiger partial charge is 0.497 e. The van der Waals surface area contributed by atoms with Crippen LogP contribution in [-0.4, -0.2) is 36.1 Å². The number of amides is 2. The average Bonchev–Trinajstić information content (AvgIpc) is 2.61.